The van der Waals surface area contributed by atoms with Crippen molar-refractivity contribution in [3.8, 4) is 5.75 Å². The van der Waals surface area contributed by atoms with E-state index in [9.17, 15) is 4.79 Å². The average molecular weight is 440 g/mol. The summed E-state index contributed by atoms with van der Waals surface area (Å²) in [5.74, 6) is 1.03. The Hall–Kier alpha value is -3.60. The summed E-state index contributed by atoms with van der Waals surface area (Å²) in [5.41, 5.74) is 7.93. The van der Waals surface area contributed by atoms with E-state index in [-0.39, 0.29) is 11.9 Å². The van der Waals surface area contributed by atoms with Crippen LogP contribution in [-0.4, -0.2) is 34.4 Å². The predicted molar refractivity (Wildman–Crippen MR) is 131 cm³/mol. The van der Waals surface area contributed by atoms with Crippen molar-refractivity contribution in [2.24, 2.45) is 0 Å². The summed E-state index contributed by atoms with van der Waals surface area (Å²) in [7, 11) is 1.70. The molecule has 2 aromatic carbocycles. The molecule has 1 N–H and O–H groups in total. The minimum absolute atomic E-state index is 0.151. The zero-order chi connectivity index (χ0) is 22.9. The van der Waals surface area contributed by atoms with Gasteiger partial charge in [-0.2, -0.15) is 0 Å². The highest BCUT2D eigenvalue weighted by Gasteiger charge is 2.35. The number of benzene rings is 2. The van der Waals surface area contributed by atoms with Crippen molar-refractivity contribution >= 4 is 16.8 Å². The Bertz CT molecular complexity index is 1310. The monoisotopic (exact) mass is 439 g/mol. The molecule has 168 valence electrons. The van der Waals surface area contributed by atoms with E-state index in [1.165, 1.54) is 10.9 Å². The van der Waals surface area contributed by atoms with E-state index in [1.54, 1.807) is 13.3 Å². The van der Waals surface area contributed by atoms with Crippen molar-refractivity contribution in [3.63, 3.8) is 0 Å². The van der Waals surface area contributed by atoms with Gasteiger partial charge < -0.3 is 14.6 Å². The van der Waals surface area contributed by atoms with Crippen LogP contribution in [-0.2, 0) is 17.6 Å². The van der Waals surface area contributed by atoms with Crippen LogP contribution in [0, 0.1) is 13.8 Å². The van der Waals surface area contributed by atoms with Crippen LogP contribution in [0.25, 0.3) is 10.9 Å². The Morgan fingerprint density at radius 2 is 1.91 bits per heavy atom. The number of methoxy groups -OCH3 is 1. The predicted octanol–water partition coefficient (Wildman–Crippen LogP) is 5.30. The molecule has 0 saturated carbocycles. The fourth-order valence-electron chi connectivity index (χ4n) is 5.09. The molecule has 0 fully saturated rings. The second-order valence-corrected chi connectivity index (χ2v) is 8.73. The number of hydrogen-bond acceptors (Lipinski definition) is 3. The summed E-state index contributed by atoms with van der Waals surface area (Å²) in [5, 5.41) is 1.25. The largest absolute Gasteiger partial charge is 0.496 e. The zero-order valence-corrected chi connectivity index (χ0v) is 19.4. The van der Waals surface area contributed by atoms with E-state index in [4.69, 9.17) is 4.74 Å². The van der Waals surface area contributed by atoms with Gasteiger partial charge in [0.15, 0.2) is 0 Å². The van der Waals surface area contributed by atoms with Crippen molar-refractivity contribution in [2.45, 2.75) is 39.2 Å². The molecule has 0 saturated heterocycles. The van der Waals surface area contributed by atoms with Crippen LogP contribution in [0.2, 0.25) is 0 Å². The zero-order valence-electron chi connectivity index (χ0n) is 19.4. The third kappa shape index (κ3) is 3.78. The van der Waals surface area contributed by atoms with Gasteiger partial charge in [-0.1, -0.05) is 30.3 Å². The van der Waals surface area contributed by atoms with Crippen molar-refractivity contribution < 1.29 is 9.53 Å². The lowest BCUT2D eigenvalue weighted by atomic mass is 9.88. The van der Waals surface area contributed by atoms with Crippen molar-refractivity contribution in [1.82, 2.24) is 14.9 Å². The summed E-state index contributed by atoms with van der Waals surface area (Å²) >= 11 is 0. The van der Waals surface area contributed by atoms with Crippen LogP contribution in [0.15, 0.2) is 60.8 Å². The molecule has 1 aliphatic rings. The number of nitrogens with zero attached hydrogens (tertiary/aromatic N) is 2. The number of para-hydroxylation sites is 1. The molecule has 0 spiro atoms. The molecule has 1 atom stereocenters. The molecule has 3 heterocycles. The van der Waals surface area contributed by atoms with Gasteiger partial charge in [-0.3, -0.25) is 9.78 Å². The highest BCUT2D eigenvalue weighted by molar-refractivity contribution is 5.86. The lowest BCUT2D eigenvalue weighted by Gasteiger charge is -2.37. The van der Waals surface area contributed by atoms with Gasteiger partial charge in [-0.15, -0.1) is 0 Å². The van der Waals surface area contributed by atoms with Gasteiger partial charge in [0.1, 0.15) is 5.75 Å². The van der Waals surface area contributed by atoms with Crippen molar-refractivity contribution in [3.05, 3.63) is 94.4 Å². The van der Waals surface area contributed by atoms with E-state index in [0.717, 1.165) is 45.8 Å². The molecule has 0 aliphatic carbocycles. The minimum Gasteiger partial charge on any atom is -0.496 e. The molecule has 5 rings (SSSR count). The number of H-pyrrole nitrogens is 1. The van der Waals surface area contributed by atoms with Gasteiger partial charge >= 0.3 is 0 Å². The number of rotatable bonds is 5. The van der Waals surface area contributed by atoms with Gasteiger partial charge in [0, 0.05) is 41.5 Å². The molecule has 5 nitrogen and oxygen atoms in total. The summed E-state index contributed by atoms with van der Waals surface area (Å²) in [6.45, 7) is 4.91. The van der Waals surface area contributed by atoms with Crippen LogP contribution >= 0.6 is 0 Å². The lowest BCUT2D eigenvalue weighted by Crippen LogP contribution is -2.41. The van der Waals surface area contributed by atoms with Crippen LogP contribution in [0.1, 0.15) is 46.1 Å². The van der Waals surface area contributed by atoms with Gasteiger partial charge in [0.2, 0.25) is 5.91 Å². The van der Waals surface area contributed by atoms with E-state index < -0.39 is 0 Å². The minimum atomic E-state index is -0.151. The number of carbonyl (C=O) groups excluding carboxylic acids is 1. The molecule has 5 heteroatoms. The van der Waals surface area contributed by atoms with E-state index in [1.807, 2.05) is 24.3 Å². The number of hydrogen-bond donors (Lipinski definition) is 1. The van der Waals surface area contributed by atoms with Crippen LogP contribution in [0.5, 0.6) is 5.75 Å². The maximum absolute atomic E-state index is 13.6. The molecule has 2 aromatic heterocycles. The van der Waals surface area contributed by atoms with Gasteiger partial charge in [0.25, 0.3) is 0 Å². The van der Waals surface area contributed by atoms with E-state index in [2.05, 4.69) is 59.0 Å². The second kappa shape index (κ2) is 8.74. The molecular weight excluding hydrogens is 410 g/mol. The maximum atomic E-state index is 13.6. The molecule has 33 heavy (non-hydrogen) atoms. The third-order valence-corrected chi connectivity index (χ3v) is 6.97. The Labute approximate surface area is 194 Å². The molecule has 1 aliphatic heterocycles. The highest BCUT2D eigenvalue weighted by Crippen LogP contribution is 2.41. The van der Waals surface area contributed by atoms with E-state index >= 15 is 0 Å². The molecule has 1 amide bonds. The number of nitrogens with one attached hydrogen (secondary N) is 1. The number of ether oxygens (including phenoxy) is 1. The Balaban J connectivity index is 1.57. The Kier molecular flexibility index (Phi) is 5.63. The fourth-order valence-corrected chi connectivity index (χ4v) is 5.09. The number of pyridine rings is 1. The first kappa shape index (κ1) is 21.3. The number of carbonyl (C=O) groups is 1. The Morgan fingerprint density at radius 3 is 2.70 bits per heavy atom. The maximum Gasteiger partial charge on any atom is 0.223 e. The topological polar surface area (TPSA) is 58.2 Å². The Morgan fingerprint density at radius 1 is 1.09 bits per heavy atom. The normalized spacial score (nSPS) is 15.5. The van der Waals surface area contributed by atoms with E-state index in [0.29, 0.717) is 19.4 Å². The number of aryl methyl sites for hydroxylation is 1. The fraction of sp³-hybridized carbons (Fsp3) is 0.286. The number of amides is 1. The van der Waals surface area contributed by atoms with Gasteiger partial charge in [-0.05, 0) is 73.2 Å². The van der Waals surface area contributed by atoms with Crippen molar-refractivity contribution in [1.29, 1.82) is 0 Å². The van der Waals surface area contributed by atoms with Gasteiger partial charge in [0.05, 0.1) is 13.2 Å². The standard InChI is InChI=1S/C28H29N3O2/c1-18-19(2)25(33-3)13-12-21(18)28-27-23(22-9-4-5-10-24(22)30-27)15-17-31(28)26(32)14-11-20-8-6-7-16-29-20/h4-10,12-13,16,28,30H,11,14-15,17H2,1-3H3. The SMILES string of the molecule is COc1ccc(C2c3[nH]c4ccccc4c3CCN2C(=O)CCc2ccccn2)c(C)c1C. The number of fused-ring (bicyclic) bond motifs is 3. The first-order valence-electron chi connectivity index (χ1n) is 11.5. The van der Waals surface area contributed by atoms with Gasteiger partial charge in [-0.25, -0.2) is 0 Å². The summed E-state index contributed by atoms with van der Waals surface area (Å²) in [6, 6.07) is 18.3. The molecule has 0 bridgehead atoms. The smallest absolute Gasteiger partial charge is 0.223 e. The average Bonchev–Trinajstić information content (AvgIpc) is 3.23. The van der Waals surface area contributed by atoms with Crippen molar-refractivity contribution in [2.75, 3.05) is 13.7 Å². The number of aromatic nitrogens is 2. The lowest BCUT2D eigenvalue weighted by molar-refractivity contribution is -0.133. The molecule has 1 unspecified atom stereocenters. The third-order valence-electron chi connectivity index (χ3n) is 6.97. The number of aromatic amines is 1. The van der Waals surface area contributed by atoms with Crippen LogP contribution < -0.4 is 4.74 Å². The highest BCUT2D eigenvalue weighted by atomic mass is 16.5. The summed E-state index contributed by atoms with van der Waals surface area (Å²) < 4.78 is 5.55. The van der Waals surface area contributed by atoms with Crippen LogP contribution in [0.3, 0.4) is 0 Å². The molecule has 4 aromatic rings. The summed E-state index contributed by atoms with van der Waals surface area (Å²) in [4.78, 5) is 23.7. The molecular formula is C28H29N3O2. The summed E-state index contributed by atoms with van der Waals surface area (Å²) in [6.07, 6.45) is 3.71. The second-order valence-electron chi connectivity index (χ2n) is 8.73. The first-order chi connectivity index (χ1) is 16.1. The molecule has 0 radical (unpaired) electrons. The van der Waals surface area contributed by atoms with Crippen LogP contribution in [0.4, 0.5) is 0 Å². The first-order valence-corrected chi connectivity index (χ1v) is 11.5. The quantitative estimate of drug-likeness (QED) is 0.459.